The minimum Gasteiger partial charge on any atom is -0.361 e. The monoisotopic (exact) mass is 335 g/mol. The van der Waals surface area contributed by atoms with Crippen molar-refractivity contribution in [2.45, 2.75) is 31.6 Å². The van der Waals surface area contributed by atoms with Gasteiger partial charge >= 0.3 is 0 Å². The highest BCUT2D eigenvalue weighted by molar-refractivity contribution is 7.88. The van der Waals surface area contributed by atoms with Crippen LogP contribution in [0.15, 0.2) is 24.4 Å². The molecule has 23 heavy (non-hydrogen) atoms. The Balaban J connectivity index is 1.91. The minimum absolute atomic E-state index is 0.0872. The van der Waals surface area contributed by atoms with Crippen molar-refractivity contribution in [3.63, 3.8) is 0 Å². The average Bonchev–Trinajstić information content (AvgIpc) is 3.15. The molecule has 1 saturated heterocycles. The summed E-state index contributed by atoms with van der Waals surface area (Å²) in [4.78, 5) is 5.43. The maximum absolute atomic E-state index is 12.5. The van der Waals surface area contributed by atoms with Gasteiger partial charge in [-0.15, -0.1) is 0 Å². The second-order valence-electron chi connectivity index (χ2n) is 6.63. The van der Waals surface area contributed by atoms with E-state index in [1.165, 1.54) is 5.56 Å². The van der Waals surface area contributed by atoms with Crippen LogP contribution in [0.4, 0.5) is 0 Å². The van der Waals surface area contributed by atoms with Gasteiger partial charge in [0.1, 0.15) is 0 Å². The van der Waals surface area contributed by atoms with Crippen molar-refractivity contribution < 1.29 is 8.42 Å². The molecule has 0 spiro atoms. The van der Waals surface area contributed by atoms with Crippen molar-refractivity contribution in [1.29, 1.82) is 0 Å². The largest absolute Gasteiger partial charge is 0.361 e. The maximum Gasteiger partial charge on any atom is 0.218 e. The summed E-state index contributed by atoms with van der Waals surface area (Å²) >= 11 is 0. The third-order valence-corrected chi connectivity index (χ3v) is 6.66. The maximum atomic E-state index is 12.5. The normalized spacial score (nSPS) is 18.1. The van der Waals surface area contributed by atoms with E-state index in [9.17, 15) is 8.42 Å². The fraction of sp³-hybridized carbons (Fsp3) is 0.529. The number of fused-ring (bicyclic) bond motifs is 1. The van der Waals surface area contributed by atoms with E-state index >= 15 is 0 Å². The third kappa shape index (κ3) is 3.29. The number of nitrogens with one attached hydrogen (secondary N) is 1. The molecule has 1 aromatic heterocycles. The van der Waals surface area contributed by atoms with Crippen LogP contribution in [0.3, 0.4) is 0 Å². The first kappa shape index (κ1) is 16.5. The first-order valence-electron chi connectivity index (χ1n) is 8.12. The quantitative estimate of drug-likeness (QED) is 0.914. The molecule has 1 atom stereocenters. The number of rotatable bonds is 5. The summed E-state index contributed by atoms with van der Waals surface area (Å²) in [6, 6.07) is 6.19. The molecule has 2 aromatic rings. The molecule has 0 aliphatic carbocycles. The zero-order valence-corrected chi connectivity index (χ0v) is 14.9. The van der Waals surface area contributed by atoms with Crippen LogP contribution in [0.2, 0.25) is 0 Å². The van der Waals surface area contributed by atoms with E-state index in [0.29, 0.717) is 13.1 Å². The van der Waals surface area contributed by atoms with Gasteiger partial charge in [-0.2, -0.15) is 0 Å². The Bertz CT molecular complexity index is 789. The van der Waals surface area contributed by atoms with Crippen LogP contribution in [0, 0.1) is 0 Å². The molecule has 2 heterocycles. The zero-order chi connectivity index (χ0) is 16.6. The van der Waals surface area contributed by atoms with Gasteiger partial charge in [-0.1, -0.05) is 6.07 Å². The van der Waals surface area contributed by atoms with Gasteiger partial charge in [0.25, 0.3) is 0 Å². The lowest BCUT2D eigenvalue weighted by molar-refractivity contribution is 0.323. The van der Waals surface area contributed by atoms with Crippen LogP contribution >= 0.6 is 0 Å². The first-order chi connectivity index (χ1) is 10.9. The van der Waals surface area contributed by atoms with Crippen LogP contribution in [-0.4, -0.2) is 49.8 Å². The highest BCUT2D eigenvalue weighted by Gasteiger charge is 2.25. The molecule has 1 aliphatic heterocycles. The number of H-pyrrole nitrogens is 1. The Kier molecular flexibility index (Phi) is 4.49. The van der Waals surface area contributed by atoms with E-state index in [2.05, 4.69) is 16.8 Å². The van der Waals surface area contributed by atoms with Crippen molar-refractivity contribution in [1.82, 2.24) is 14.2 Å². The second kappa shape index (κ2) is 6.26. The molecule has 6 heteroatoms. The predicted octanol–water partition coefficient (Wildman–Crippen LogP) is 2.72. The van der Waals surface area contributed by atoms with Gasteiger partial charge in [-0.25, -0.2) is 12.7 Å². The number of benzene rings is 1. The molecule has 1 N–H and O–H groups in total. The number of aromatic nitrogens is 1. The van der Waals surface area contributed by atoms with Crippen LogP contribution < -0.4 is 0 Å². The zero-order valence-electron chi connectivity index (χ0n) is 14.0. The first-order valence-corrected chi connectivity index (χ1v) is 9.73. The van der Waals surface area contributed by atoms with E-state index < -0.39 is 10.0 Å². The standard InChI is InChI=1S/C17H25N3O2S/c1-13(19(2)3)16-11-18-17-7-6-14(10-15(16)17)12-23(21,22)20-8-4-5-9-20/h6-7,10-11,13,18H,4-5,8-9,12H2,1-3H3. The number of aromatic amines is 1. The van der Waals surface area contributed by atoms with Gasteiger partial charge in [-0.3, -0.25) is 0 Å². The van der Waals surface area contributed by atoms with E-state index in [0.717, 1.165) is 29.3 Å². The van der Waals surface area contributed by atoms with Gasteiger partial charge < -0.3 is 9.88 Å². The van der Waals surface area contributed by atoms with Crippen LogP contribution in [0.5, 0.6) is 0 Å². The summed E-state index contributed by atoms with van der Waals surface area (Å²) in [5.74, 6) is 0.0872. The van der Waals surface area contributed by atoms with E-state index in [1.807, 2.05) is 38.5 Å². The molecule has 0 saturated carbocycles. The predicted molar refractivity (Wildman–Crippen MR) is 93.8 cm³/mol. The highest BCUT2D eigenvalue weighted by Crippen LogP contribution is 2.28. The summed E-state index contributed by atoms with van der Waals surface area (Å²) < 4.78 is 26.6. The number of hydrogen-bond donors (Lipinski definition) is 1. The molecule has 1 aromatic carbocycles. The van der Waals surface area contributed by atoms with Crippen molar-refractivity contribution in [3.8, 4) is 0 Å². The molecule has 0 amide bonds. The Morgan fingerprint density at radius 1 is 1.26 bits per heavy atom. The third-order valence-electron chi connectivity index (χ3n) is 4.81. The van der Waals surface area contributed by atoms with Crippen LogP contribution in [-0.2, 0) is 15.8 Å². The fourth-order valence-corrected chi connectivity index (χ4v) is 4.77. The van der Waals surface area contributed by atoms with Crippen molar-refractivity contribution in [2.75, 3.05) is 27.2 Å². The lowest BCUT2D eigenvalue weighted by Crippen LogP contribution is -2.29. The SMILES string of the molecule is CC(c1c[nH]c2ccc(CS(=O)(=O)N3CCCC3)cc12)N(C)C. The molecule has 3 rings (SSSR count). The van der Waals surface area contributed by atoms with E-state index in [1.54, 1.807) is 4.31 Å². The number of nitrogens with zero attached hydrogens (tertiary/aromatic N) is 2. The summed E-state index contributed by atoms with van der Waals surface area (Å²) in [5.41, 5.74) is 3.11. The fourth-order valence-electron chi connectivity index (χ4n) is 3.17. The van der Waals surface area contributed by atoms with Gasteiger partial charge in [0.05, 0.1) is 5.75 Å². The molecule has 126 valence electrons. The molecular weight excluding hydrogens is 310 g/mol. The Hall–Kier alpha value is -1.37. The topological polar surface area (TPSA) is 56.4 Å². The number of hydrogen-bond acceptors (Lipinski definition) is 3. The van der Waals surface area contributed by atoms with Crippen LogP contribution in [0.1, 0.15) is 36.9 Å². The lowest BCUT2D eigenvalue weighted by Gasteiger charge is -2.19. The summed E-state index contributed by atoms with van der Waals surface area (Å²) in [6.07, 6.45) is 3.97. The van der Waals surface area contributed by atoms with Gasteiger partial charge in [0, 0.05) is 36.2 Å². The molecule has 5 nitrogen and oxygen atoms in total. The van der Waals surface area contributed by atoms with Crippen molar-refractivity contribution in [2.24, 2.45) is 0 Å². The molecule has 1 unspecified atom stereocenters. The molecule has 0 bridgehead atoms. The van der Waals surface area contributed by atoms with E-state index in [4.69, 9.17) is 0 Å². The number of sulfonamides is 1. The summed E-state index contributed by atoms with van der Waals surface area (Å²) in [7, 11) is 0.892. The van der Waals surface area contributed by atoms with Crippen LogP contribution in [0.25, 0.3) is 10.9 Å². The van der Waals surface area contributed by atoms with Crippen molar-refractivity contribution in [3.05, 3.63) is 35.5 Å². The van der Waals surface area contributed by atoms with Crippen molar-refractivity contribution >= 4 is 20.9 Å². The Morgan fingerprint density at radius 2 is 1.96 bits per heavy atom. The van der Waals surface area contributed by atoms with E-state index in [-0.39, 0.29) is 11.8 Å². The van der Waals surface area contributed by atoms with Gasteiger partial charge in [0.2, 0.25) is 10.0 Å². The average molecular weight is 335 g/mol. The minimum atomic E-state index is -3.20. The summed E-state index contributed by atoms with van der Waals surface area (Å²) in [5, 5.41) is 1.11. The Labute approximate surface area is 138 Å². The van der Waals surface area contributed by atoms with Gasteiger partial charge in [0.15, 0.2) is 0 Å². The smallest absolute Gasteiger partial charge is 0.218 e. The van der Waals surface area contributed by atoms with Gasteiger partial charge in [-0.05, 0) is 57.1 Å². The highest BCUT2D eigenvalue weighted by atomic mass is 32.2. The second-order valence-corrected chi connectivity index (χ2v) is 8.59. The molecule has 1 aliphatic rings. The lowest BCUT2D eigenvalue weighted by atomic mass is 10.0. The molecular formula is C17H25N3O2S. The Morgan fingerprint density at radius 3 is 2.61 bits per heavy atom. The molecule has 1 fully saturated rings. The summed E-state index contributed by atoms with van der Waals surface area (Å²) in [6.45, 7) is 3.48. The molecule has 0 radical (unpaired) electrons.